The molecule has 13 heteroatoms. The van der Waals surface area contributed by atoms with E-state index in [0.717, 1.165) is 19.3 Å². The Labute approximate surface area is 235 Å². The molecule has 1 rings (SSSR count). The molecule has 224 valence electrons. The van der Waals surface area contributed by atoms with E-state index < -0.39 is 35.9 Å². The summed E-state index contributed by atoms with van der Waals surface area (Å²) in [5.41, 5.74) is 13.4. The Hall–Kier alpha value is -3.71. The predicted molar refractivity (Wildman–Crippen MR) is 149 cm³/mol. The van der Waals surface area contributed by atoms with E-state index in [-0.39, 0.29) is 37.7 Å². The molecule has 2 atom stereocenters. The van der Waals surface area contributed by atoms with Gasteiger partial charge in [-0.2, -0.15) is 0 Å². The summed E-state index contributed by atoms with van der Waals surface area (Å²) in [5, 5.41) is 16.9. The van der Waals surface area contributed by atoms with Crippen LogP contribution in [0.15, 0.2) is 24.3 Å². The molecule has 0 fully saturated rings. The van der Waals surface area contributed by atoms with Gasteiger partial charge in [0.1, 0.15) is 18.7 Å². The van der Waals surface area contributed by atoms with E-state index in [2.05, 4.69) is 21.4 Å². The number of carbonyl (C=O) groups is 5. The van der Waals surface area contributed by atoms with Crippen molar-refractivity contribution in [2.45, 2.75) is 90.3 Å². The second kappa shape index (κ2) is 19.4. The first-order valence-electron chi connectivity index (χ1n) is 13.6. The van der Waals surface area contributed by atoms with Crippen molar-refractivity contribution < 1.29 is 33.9 Å². The molecule has 1 unspecified atom stereocenters. The number of hydrogen-bond acceptors (Lipinski definition) is 8. The third-order valence-corrected chi connectivity index (χ3v) is 6.11. The smallest absolute Gasteiger partial charge is 0.404 e. The Morgan fingerprint density at radius 1 is 0.850 bits per heavy atom. The van der Waals surface area contributed by atoms with Crippen molar-refractivity contribution in [1.29, 1.82) is 0 Å². The number of amides is 5. The maximum Gasteiger partial charge on any atom is 0.404 e. The summed E-state index contributed by atoms with van der Waals surface area (Å²) in [7, 11) is 0. The summed E-state index contributed by atoms with van der Waals surface area (Å²) in [6.45, 7) is 4.09. The first-order valence-corrected chi connectivity index (χ1v) is 13.6. The van der Waals surface area contributed by atoms with Gasteiger partial charge < -0.3 is 37.4 Å². The molecule has 0 aliphatic heterocycles. The molecule has 0 saturated heterocycles. The van der Waals surface area contributed by atoms with E-state index in [1.165, 1.54) is 0 Å². The quantitative estimate of drug-likeness (QED) is 0.0913. The predicted octanol–water partition coefficient (Wildman–Crippen LogP) is 1.82. The highest BCUT2D eigenvalue weighted by Crippen LogP contribution is 2.14. The molecule has 1 aromatic rings. The van der Waals surface area contributed by atoms with Gasteiger partial charge in [0.25, 0.3) is 0 Å². The largest absolute Gasteiger partial charge is 0.445 e. The number of carbonyl (C=O) groups excluding carboxylic acids is 5. The monoisotopic (exact) mass is 564 g/mol. The third kappa shape index (κ3) is 15.0. The summed E-state index contributed by atoms with van der Waals surface area (Å²) in [5.74, 6) is -1.87. The van der Waals surface area contributed by atoms with Crippen LogP contribution in [-0.2, 0) is 30.5 Å². The fraction of sp³-hybridized carbons (Fsp3) is 0.593. The summed E-state index contributed by atoms with van der Waals surface area (Å²) >= 11 is 0. The van der Waals surface area contributed by atoms with Crippen LogP contribution < -0.4 is 32.9 Å². The lowest BCUT2D eigenvalue weighted by molar-refractivity contribution is -0.132. The highest BCUT2D eigenvalue weighted by Gasteiger charge is 2.28. The highest BCUT2D eigenvalue weighted by molar-refractivity contribution is 5.98. The van der Waals surface area contributed by atoms with Gasteiger partial charge in [-0.1, -0.05) is 45.2 Å². The van der Waals surface area contributed by atoms with Crippen LogP contribution in [0.5, 0.6) is 0 Å². The maximum atomic E-state index is 13.2. The molecule has 1 aromatic carbocycles. The van der Waals surface area contributed by atoms with Crippen LogP contribution in [0.4, 0.5) is 10.5 Å². The van der Waals surface area contributed by atoms with E-state index in [0.29, 0.717) is 37.1 Å². The van der Waals surface area contributed by atoms with Crippen molar-refractivity contribution in [2.75, 3.05) is 11.9 Å². The lowest BCUT2D eigenvalue weighted by Gasteiger charge is -2.25. The van der Waals surface area contributed by atoms with Gasteiger partial charge in [-0.05, 0) is 49.3 Å². The minimum absolute atomic E-state index is 0.00832. The van der Waals surface area contributed by atoms with Gasteiger partial charge in [-0.3, -0.25) is 19.2 Å². The number of primary amides is 2. The van der Waals surface area contributed by atoms with E-state index in [4.69, 9.17) is 21.4 Å². The van der Waals surface area contributed by atoms with Crippen LogP contribution in [0, 0.1) is 5.92 Å². The molecular formula is C27H44N6O7. The molecule has 0 bridgehead atoms. The Bertz CT molecular complexity index is 955. The maximum absolute atomic E-state index is 13.2. The fourth-order valence-corrected chi connectivity index (χ4v) is 3.87. The van der Waals surface area contributed by atoms with Gasteiger partial charge in [0.05, 0.1) is 0 Å². The van der Waals surface area contributed by atoms with E-state index in [1.54, 1.807) is 38.1 Å². The molecule has 40 heavy (non-hydrogen) atoms. The Balaban J connectivity index is 2.81. The van der Waals surface area contributed by atoms with Crippen molar-refractivity contribution in [3.63, 3.8) is 0 Å². The molecule has 5 amide bonds. The topological polar surface area (TPSA) is 215 Å². The number of unbranched alkanes of at least 4 members (excludes halogenated alkanes) is 4. The third-order valence-electron chi connectivity index (χ3n) is 6.11. The molecule has 9 N–H and O–H groups in total. The zero-order chi connectivity index (χ0) is 29.9. The van der Waals surface area contributed by atoms with E-state index >= 15 is 0 Å². The Morgan fingerprint density at radius 2 is 1.50 bits per heavy atom. The second-order valence-corrected chi connectivity index (χ2v) is 9.93. The zero-order valence-corrected chi connectivity index (χ0v) is 23.4. The Morgan fingerprint density at radius 3 is 2.10 bits per heavy atom. The number of rotatable bonds is 20. The van der Waals surface area contributed by atoms with Gasteiger partial charge in [0, 0.05) is 25.1 Å². The first-order chi connectivity index (χ1) is 19.0. The lowest BCUT2D eigenvalue weighted by atomic mass is 10.0. The minimum atomic E-state index is -0.920. The van der Waals surface area contributed by atoms with Crippen LogP contribution >= 0.6 is 0 Å². The average molecular weight is 565 g/mol. The average Bonchev–Trinajstić information content (AvgIpc) is 2.90. The number of anilines is 1. The normalized spacial score (nSPS) is 12.3. The first kappa shape index (κ1) is 34.3. The highest BCUT2D eigenvalue weighted by atomic mass is 16.5. The molecule has 0 spiro atoms. The molecule has 0 saturated carbocycles. The van der Waals surface area contributed by atoms with E-state index in [9.17, 15) is 24.0 Å². The van der Waals surface area contributed by atoms with Crippen LogP contribution in [0.25, 0.3) is 0 Å². The van der Waals surface area contributed by atoms with Crippen molar-refractivity contribution >= 4 is 35.4 Å². The standard InChI is InChI=1S/C27H44N6O7/c1-18(2)24(33-23(35)11-5-3-4-8-16-30-39)26(37)32-21(9-6-7-10-22(28)34)25(36)31-20-14-12-19(13-15-20)17-40-27(29)38/h12-15,18,21,24,30,39H,3-11,16-17H2,1-2H3,(H2,28,34)(H2,29,38)(H,31,36)(H,32,37)(H,33,35)/t21?,24-/m0/s1. The SMILES string of the molecule is CC(C)[C@H](NC(=O)CCCCCCNO)C(=O)NC(CCCCC(N)=O)C(=O)Nc1ccc(COC(N)=O)cc1. The van der Waals surface area contributed by atoms with Gasteiger partial charge in [0.2, 0.25) is 23.6 Å². The molecular weight excluding hydrogens is 520 g/mol. The number of hydrogen-bond donors (Lipinski definition) is 7. The summed E-state index contributed by atoms with van der Waals surface area (Å²) in [6, 6.07) is 4.81. The lowest BCUT2D eigenvalue weighted by Crippen LogP contribution is -2.54. The van der Waals surface area contributed by atoms with Crippen molar-refractivity contribution in [3.8, 4) is 0 Å². The summed E-state index contributed by atoms with van der Waals surface area (Å²) in [6.07, 6.45) is 3.86. The van der Waals surface area contributed by atoms with Crippen molar-refractivity contribution in [2.24, 2.45) is 17.4 Å². The van der Waals surface area contributed by atoms with Gasteiger partial charge >= 0.3 is 6.09 Å². The van der Waals surface area contributed by atoms with Crippen LogP contribution in [0.3, 0.4) is 0 Å². The second-order valence-electron chi connectivity index (χ2n) is 9.93. The molecule has 0 aromatic heterocycles. The number of nitrogens with two attached hydrogens (primary N) is 2. The van der Waals surface area contributed by atoms with Crippen molar-refractivity contribution in [3.05, 3.63) is 29.8 Å². The van der Waals surface area contributed by atoms with Gasteiger partial charge in [-0.15, -0.1) is 0 Å². The van der Waals surface area contributed by atoms with Gasteiger partial charge in [0.15, 0.2) is 0 Å². The van der Waals surface area contributed by atoms with E-state index in [1.807, 2.05) is 0 Å². The van der Waals surface area contributed by atoms with Gasteiger partial charge in [-0.25, -0.2) is 10.3 Å². The zero-order valence-electron chi connectivity index (χ0n) is 23.4. The summed E-state index contributed by atoms with van der Waals surface area (Å²) < 4.78 is 4.74. The van der Waals surface area contributed by atoms with Crippen LogP contribution in [0.1, 0.15) is 77.2 Å². The number of nitrogens with one attached hydrogen (secondary N) is 4. The molecule has 0 radical (unpaired) electrons. The van der Waals surface area contributed by atoms with Crippen molar-refractivity contribution in [1.82, 2.24) is 16.1 Å². The number of ether oxygens (including phenoxy) is 1. The molecule has 0 heterocycles. The molecule has 13 nitrogen and oxygen atoms in total. The molecule has 0 aliphatic rings. The van der Waals surface area contributed by atoms with Crippen LogP contribution in [-0.4, -0.2) is 53.6 Å². The number of hydroxylamine groups is 1. The summed E-state index contributed by atoms with van der Waals surface area (Å²) in [4.78, 5) is 60.7. The molecule has 0 aliphatic carbocycles. The Kier molecular flexibility index (Phi) is 16.6. The fourth-order valence-electron chi connectivity index (χ4n) is 3.87. The van der Waals surface area contributed by atoms with Crippen LogP contribution in [0.2, 0.25) is 0 Å². The minimum Gasteiger partial charge on any atom is -0.445 e. The number of benzene rings is 1.